The average Bonchev–Trinajstić information content (AvgIpc) is 3.94. The highest BCUT2D eigenvalue weighted by atomic mass is 16.6. The van der Waals surface area contributed by atoms with E-state index in [1.165, 1.54) is 0 Å². The van der Waals surface area contributed by atoms with E-state index in [2.05, 4.69) is 12.1 Å². The Balaban J connectivity index is 1.34. The van der Waals surface area contributed by atoms with Gasteiger partial charge in [0.15, 0.2) is 12.4 Å². The maximum Gasteiger partial charge on any atom is 0.410 e. The Hall–Kier alpha value is -4.70. The van der Waals surface area contributed by atoms with Gasteiger partial charge in [-0.3, -0.25) is 14.4 Å². The second-order valence-corrected chi connectivity index (χ2v) is 14.5. The van der Waals surface area contributed by atoms with Crippen LogP contribution in [0.2, 0.25) is 0 Å². The van der Waals surface area contributed by atoms with Crippen molar-refractivity contribution in [2.75, 3.05) is 49.8 Å². The molecule has 0 N–H and O–H groups in total. The minimum atomic E-state index is -0.669. The van der Waals surface area contributed by atoms with E-state index in [1.807, 2.05) is 80.3 Å². The lowest BCUT2D eigenvalue weighted by Crippen LogP contribution is -2.51. The lowest BCUT2D eigenvalue weighted by atomic mass is 9.78. The Kier molecular flexibility index (Phi) is 10.3. The fourth-order valence-corrected chi connectivity index (χ4v) is 6.92. The highest BCUT2D eigenvalue weighted by Gasteiger charge is 2.44. The number of amides is 3. The van der Waals surface area contributed by atoms with Gasteiger partial charge in [-0.25, -0.2) is 4.79 Å². The first kappa shape index (κ1) is 35.1. The topological polar surface area (TPSA) is 106 Å². The molecule has 2 atom stereocenters. The van der Waals surface area contributed by atoms with Gasteiger partial charge in [0.25, 0.3) is 5.91 Å². The number of fused-ring (bicyclic) bond motifs is 1. The molecule has 1 aliphatic carbocycles. The fraction of sp³-hybridized carbons (Fsp3) is 0.450. The molecule has 0 aromatic heterocycles. The predicted octanol–water partition coefficient (Wildman–Crippen LogP) is 6.85. The van der Waals surface area contributed by atoms with E-state index in [0.29, 0.717) is 55.2 Å². The third-order valence-corrected chi connectivity index (χ3v) is 9.56. The molecule has 3 aromatic rings. The Morgan fingerprint density at radius 2 is 1.72 bits per heavy atom. The summed E-state index contributed by atoms with van der Waals surface area (Å²) in [6.07, 6.45) is 2.56. The Bertz CT molecular complexity index is 1740. The molecule has 6 rings (SSSR count). The highest BCUT2D eigenvalue weighted by Crippen LogP contribution is 2.43. The number of piperidine rings is 1. The van der Waals surface area contributed by atoms with Gasteiger partial charge in [-0.05, 0) is 94.2 Å². The SMILES string of the molecule is COCCCN1C(=O)COc2ccc(N(C(=O)[C@H]3CN(C(=O)OC(C)(C)C)CC[C@@H]3c3cccc(-c4ccc(C(C)=O)cc4)c3)C3CC3)cc21. The van der Waals surface area contributed by atoms with Crippen molar-refractivity contribution < 1.29 is 33.4 Å². The number of hydrogen-bond donors (Lipinski definition) is 0. The van der Waals surface area contributed by atoms with Crippen LogP contribution in [0.5, 0.6) is 5.75 Å². The van der Waals surface area contributed by atoms with Crippen LogP contribution in [0.3, 0.4) is 0 Å². The number of carbonyl (C=O) groups excluding carboxylic acids is 4. The molecule has 3 aliphatic rings. The van der Waals surface area contributed by atoms with Crippen molar-refractivity contribution >= 4 is 35.1 Å². The minimum absolute atomic E-state index is 0.0143. The van der Waals surface area contributed by atoms with E-state index in [9.17, 15) is 19.2 Å². The van der Waals surface area contributed by atoms with Crippen LogP contribution in [-0.2, 0) is 19.1 Å². The zero-order chi connectivity index (χ0) is 35.6. The fourth-order valence-electron chi connectivity index (χ4n) is 6.92. The number of anilines is 2. The number of likely N-dealkylation sites (tertiary alicyclic amines) is 1. The second-order valence-electron chi connectivity index (χ2n) is 14.5. The number of ketones is 1. The van der Waals surface area contributed by atoms with Crippen molar-refractivity contribution in [2.45, 2.75) is 70.9 Å². The Labute approximate surface area is 294 Å². The number of rotatable bonds is 10. The zero-order valence-corrected chi connectivity index (χ0v) is 29.6. The predicted molar refractivity (Wildman–Crippen MR) is 192 cm³/mol. The number of ether oxygens (including phenoxy) is 3. The number of benzene rings is 3. The molecule has 10 heteroatoms. The van der Waals surface area contributed by atoms with Gasteiger partial charge in [0, 0.05) is 50.6 Å². The highest BCUT2D eigenvalue weighted by molar-refractivity contribution is 6.01. The lowest BCUT2D eigenvalue weighted by Gasteiger charge is -2.41. The second kappa shape index (κ2) is 14.6. The normalized spacial score (nSPS) is 19.0. The van der Waals surface area contributed by atoms with Gasteiger partial charge in [-0.1, -0.05) is 48.5 Å². The number of nitrogens with zero attached hydrogens (tertiary/aromatic N) is 3. The molecule has 1 saturated heterocycles. The number of carbonyl (C=O) groups is 4. The first-order valence-corrected chi connectivity index (χ1v) is 17.5. The maximum atomic E-state index is 15.0. The quantitative estimate of drug-likeness (QED) is 0.170. The maximum absolute atomic E-state index is 15.0. The van der Waals surface area contributed by atoms with Crippen LogP contribution in [0, 0.1) is 5.92 Å². The largest absolute Gasteiger partial charge is 0.482 e. The van der Waals surface area contributed by atoms with E-state index in [0.717, 1.165) is 29.5 Å². The summed E-state index contributed by atoms with van der Waals surface area (Å²) in [6.45, 7) is 8.72. The Morgan fingerprint density at radius 1 is 0.960 bits per heavy atom. The molecule has 3 aromatic carbocycles. The smallest absolute Gasteiger partial charge is 0.410 e. The van der Waals surface area contributed by atoms with Crippen molar-refractivity contribution in [3.8, 4) is 16.9 Å². The van der Waals surface area contributed by atoms with Gasteiger partial charge in [-0.2, -0.15) is 0 Å². The molecular weight excluding hydrogens is 634 g/mol. The molecule has 2 heterocycles. The molecule has 264 valence electrons. The summed E-state index contributed by atoms with van der Waals surface area (Å²) in [6, 6.07) is 21.4. The Morgan fingerprint density at radius 3 is 2.40 bits per heavy atom. The molecule has 1 saturated carbocycles. The first-order valence-electron chi connectivity index (χ1n) is 17.5. The summed E-state index contributed by atoms with van der Waals surface area (Å²) in [5.74, 6) is -0.276. The van der Waals surface area contributed by atoms with Crippen molar-refractivity contribution in [1.29, 1.82) is 0 Å². The van der Waals surface area contributed by atoms with Gasteiger partial charge < -0.3 is 28.9 Å². The summed E-state index contributed by atoms with van der Waals surface area (Å²) in [4.78, 5) is 58.4. The summed E-state index contributed by atoms with van der Waals surface area (Å²) in [5.41, 5.74) is 4.33. The van der Waals surface area contributed by atoms with Crippen molar-refractivity contribution in [1.82, 2.24) is 4.90 Å². The molecule has 2 aliphatic heterocycles. The molecule has 0 radical (unpaired) electrons. The summed E-state index contributed by atoms with van der Waals surface area (Å²) in [5, 5.41) is 0. The molecule has 2 fully saturated rings. The molecule has 3 amide bonds. The van der Waals surface area contributed by atoms with Gasteiger partial charge in [0.05, 0.1) is 11.6 Å². The first-order chi connectivity index (χ1) is 23.9. The molecular formula is C40H47N3O7. The monoisotopic (exact) mass is 681 g/mol. The number of methoxy groups -OCH3 is 1. The number of hydrogen-bond acceptors (Lipinski definition) is 7. The molecule has 10 nitrogen and oxygen atoms in total. The zero-order valence-electron chi connectivity index (χ0n) is 29.6. The third-order valence-electron chi connectivity index (χ3n) is 9.56. The van der Waals surface area contributed by atoms with Crippen molar-refractivity contribution in [3.63, 3.8) is 0 Å². The molecule has 0 spiro atoms. The van der Waals surface area contributed by atoms with E-state index in [1.54, 1.807) is 23.8 Å². The summed E-state index contributed by atoms with van der Waals surface area (Å²) in [7, 11) is 1.64. The van der Waals surface area contributed by atoms with Gasteiger partial charge >= 0.3 is 6.09 Å². The van der Waals surface area contributed by atoms with Gasteiger partial charge in [0.1, 0.15) is 11.4 Å². The van der Waals surface area contributed by atoms with Gasteiger partial charge in [-0.15, -0.1) is 0 Å². The third kappa shape index (κ3) is 7.86. The average molecular weight is 682 g/mol. The molecule has 0 unspecified atom stereocenters. The van der Waals surface area contributed by atoms with E-state index >= 15 is 0 Å². The van der Waals surface area contributed by atoms with Crippen LogP contribution in [0.25, 0.3) is 11.1 Å². The van der Waals surface area contributed by atoms with Gasteiger partial charge in [0.2, 0.25) is 5.91 Å². The van der Waals surface area contributed by atoms with Crippen LogP contribution in [-0.4, -0.2) is 80.2 Å². The van der Waals surface area contributed by atoms with Crippen molar-refractivity contribution in [2.24, 2.45) is 5.92 Å². The lowest BCUT2D eigenvalue weighted by molar-refractivity contribution is -0.124. The number of Topliss-reactive ketones (excluding diaryl/α,β-unsaturated/α-hetero) is 1. The van der Waals surface area contributed by atoms with E-state index in [4.69, 9.17) is 14.2 Å². The van der Waals surface area contributed by atoms with Crippen molar-refractivity contribution in [3.05, 3.63) is 77.9 Å². The van der Waals surface area contributed by atoms with E-state index < -0.39 is 17.6 Å². The standard InChI is InChI=1S/C40H47N3O7/c1-26(44)27-10-12-28(13-11-27)29-8-6-9-30(22-29)33-18-20-41(39(47)50-40(2,3)4)24-34(33)38(46)43(31-14-15-31)32-16-17-36-35(23-32)42(19-7-21-48-5)37(45)25-49-36/h6,8-13,16-17,22-23,31,33-34H,7,14-15,18-21,24-25H2,1-5H3/t33-,34+/m1/s1. The minimum Gasteiger partial charge on any atom is -0.482 e. The van der Waals surface area contributed by atoms with E-state index in [-0.39, 0.29) is 42.7 Å². The molecule has 0 bridgehead atoms. The van der Waals surface area contributed by atoms with Crippen LogP contribution in [0.1, 0.15) is 75.2 Å². The van der Waals surface area contributed by atoms with Crippen LogP contribution in [0.15, 0.2) is 66.7 Å². The van der Waals surface area contributed by atoms with Crippen LogP contribution < -0.4 is 14.5 Å². The van der Waals surface area contributed by atoms with Crippen LogP contribution >= 0.6 is 0 Å². The summed E-state index contributed by atoms with van der Waals surface area (Å²) < 4.78 is 16.8. The summed E-state index contributed by atoms with van der Waals surface area (Å²) >= 11 is 0. The van der Waals surface area contributed by atoms with Crippen LogP contribution in [0.4, 0.5) is 16.2 Å². The molecule has 50 heavy (non-hydrogen) atoms.